The van der Waals surface area contributed by atoms with Crippen LogP contribution >= 0.6 is 0 Å². The van der Waals surface area contributed by atoms with Gasteiger partial charge in [0.2, 0.25) is 0 Å². The average Bonchev–Trinajstić information content (AvgIpc) is 2.34. The standard InChI is InChI=1S/C12H18.2Na.2H2O2/c1-9(2)11-6-5-7-12(8-11)10(3)4;;;2*1-2/h5-10H,1-4H3;;;2*1-2H/q;2*+1;;/p-2. The maximum atomic E-state index is 7.25. The van der Waals surface area contributed by atoms with Crippen molar-refractivity contribution >= 4 is 0 Å². The smallest absolute Gasteiger partial charge is 0.727 e. The summed E-state index contributed by atoms with van der Waals surface area (Å²) >= 11 is 0. The second kappa shape index (κ2) is 18.1. The van der Waals surface area contributed by atoms with Crippen molar-refractivity contribution in [2.75, 3.05) is 0 Å². The Morgan fingerprint density at radius 1 is 0.778 bits per heavy atom. The molecule has 0 aliphatic carbocycles. The molecule has 0 aliphatic heterocycles. The molecule has 0 saturated carbocycles. The Bertz CT molecular complexity index is 245. The molecule has 1 rings (SSSR count). The van der Waals surface area contributed by atoms with Gasteiger partial charge in [-0.25, -0.2) is 0 Å². The first-order valence-electron chi connectivity index (χ1n) is 5.07. The third-order valence-electron chi connectivity index (χ3n) is 2.24. The van der Waals surface area contributed by atoms with Gasteiger partial charge in [-0.1, -0.05) is 52.0 Å². The molecule has 0 unspecified atom stereocenters. The first-order valence-corrected chi connectivity index (χ1v) is 5.07. The summed E-state index contributed by atoms with van der Waals surface area (Å²) in [6.45, 7) is 8.94. The van der Waals surface area contributed by atoms with Crippen LogP contribution in [0.25, 0.3) is 0 Å². The van der Waals surface area contributed by atoms with Gasteiger partial charge >= 0.3 is 59.1 Å². The minimum Gasteiger partial charge on any atom is -0.727 e. The molecule has 6 heteroatoms. The van der Waals surface area contributed by atoms with Crippen LogP contribution in [0.2, 0.25) is 0 Å². The van der Waals surface area contributed by atoms with Crippen molar-refractivity contribution in [1.82, 2.24) is 0 Å². The largest absolute Gasteiger partial charge is 1.00 e. The van der Waals surface area contributed by atoms with Crippen molar-refractivity contribution < 1.29 is 80.1 Å². The van der Waals surface area contributed by atoms with Crippen LogP contribution < -0.4 is 69.6 Å². The summed E-state index contributed by atoms with van der Waals surface area (Å²) in [7, 11) is 0. The minimum atomic E-state index is 0. The summed E-state index contributed by atoms with van der Waals surface area (Å²) in [5.41, 5.74) is 2.89. The van der Waals surface area contributed by atoms with Crippen LogP contribution in [-0.4, -0.2) is 10.5 Å². The van der Waals surface area contributed by atoms with E-state index in [1.54, 1.807) is 0 Å². The molecule has 0 aromatic heterocycles. The molecule has 0 spiro atoms. The summed E-state index contributed by atoms with van der Waals surface area (Å²) in [5.74, 6) is 1.28. The third-order valence-corrected chi connectivity index (χ3v) is 2.24. The van der Waals surface area contributed by atoms with Gasteiger partial charge < -0.3 is 21.0 Å². The molecule has 0 heterocycles. The van der Waals surface area contributed by atoms with Gasteiger partial charge in [-0.2, -0.15) is 0 Å². The van der Waals surface area contributed by atoms with Gasteiger partial charge in [0.1, 0.15) is 0 Å². The molecule has 94 valence electrons. The molecule has 1 aromatic carbocycles. The van der Waals surface area contributed by atoms with Crippen LogP contribution in [0.4, 0.5) is 0 Å². The second-order valence-corrected chi connectivity index (χ2v) is 3.98. The first kappa shape index (κ1) is 27.4. The van der Waals surface area contributed by atoms with Gasteiger partial charge in [-0.15, -0.1) is 0 Å². The zero-order valence-electron chi connectivity index (χ0n) is 12.2. The van der Waals surface area contributed by atoms with Crippen LogP contribution in [0, 0.1) is 0 Å². The number of hydrogen-bond donors (Lipinski definition) is 2. The number of hydrogen-bond acceptors (Lipinski definition) is 4. The maximum absolute atomic E-state index is 7.25. The molecule has 0 bridgehead atoms. The first-order chi connectivity index (χ1) is 7.61. The van der Waals surface area contributed by atoms with Gasteiger partial charge in [0, 0.05) is 0 Å². The molecule has 4 nitrogen and oxygen atoms in total. The van der Waals surface area contributed by atoms with Gasteiger partial charge in [-0.05, 0) is 23.0 Å². The van der Waals surface area contributed by atoms with E-state index in [-0.39, 0.29) is 59.1 Å². The summed E-state index contributed by atoms with van der Waals surface area (Å²) in [4.78, 5) is 0. The van der Waals surface area contributed by atoms with E-state index in [4.69, 9.17) is 21.0 Å². The Morgan fingerprint density at radius 2 is 1.06 bits per heavy atom. The predicted octanol–water partition coefficient (Wildman–Crippen LogP) is -4.42. The summed E-state index contributed by atoms with van der Waals surface area (Å²) < 4.78 is 0. The fourth-order valence-corrected chi connectivity index (χ4v) is 1.28. The molecule has 0 fully saturated rings. The van der Waals surface area contributed by atoms with E-state index < -0.39 is 0 Å². The molecular formula is C12H20Na2O4. The van der Waals surface area contributed by atoms with E-state index in [1.807, 2.05) is 0 Å². The van der Waals surface area contributed by atoms with Gasteiger partial charge in [0.15, 0.2) is 0 Å². The van der Waals surface area contributed by atoms with Crippen molar-refractivity contribution in [1.29, 1.82) is 0 Å². The minimum absolute atomic E-state index is 0. The maximum Gasteiger partial charge on any atom is 1.00 e. The van der Waals surface area contributed by atoms with Gasteiger partial charge in [-0.3, -0.25) is 0 Å². The number of benzene rings is 1. The fraction of sp³-hybridized carbons (Fsp3) is 0.500. The van der Waals surface area contributed by atoms with E-state index in [9.17, 15) is 0 Å². The van der Waals surface area contributed by atoms with E-state index >= 15 is 0 Å². The van der Waals surface area contributed by atoms with Crippen molar-refractivity contribution in [3.05, 3.63) is 35.4 Å². The quantitative estimate of drug-likeness (QED) is 0.324. The predicted molar refractivity (Wildman–Crippen MR) is 59.9 cm³/mol. The SMILES string of the molecule is CC(C)c1cccc(C(C)C)c1.[Na+].[Na+].[O-]O.[O-]O. The summed E-state index contributed by atoms with van der Waals surface area (Å²) in [6, 6.07) is 8.88. The van der Waals surface area contributed by atoms with Crippen molar-refractivity contribution in [3.63, 3.8) is 0 Å². The second-order valence-electron chi connectivity index (χ2n) is 3.98. The molecule has 0 atom stereocenters. The zero-order valence-corrected chi connectivity index (χ0v) is 16.2. The average molecular weight is 274 g/mol. The van der Waals surface area contributed by atoms with E-state index in [1.165, 1.54) is 11.1 Å². The molecule has 0 saturated heterocycles. The van der Waals surface area contributed by atoms with Crippen LogP contribution in [0.3, 0.4) is 0 Å². The van der Waals surface area contributed by atoms with Crippen LogP contribution in [0.15, 0.2) is 24.3 Å². The van der Waals surface area contributed by atoms with Crippen molar-refractivity contribution in [3.8, 4) is 0 Å². The van der Waals surface area contributed by atoms with Crippen LogP contribution in [0.5, 0.6) is 0 Å². The molecule has 2 N–H and O–H groups in total. The third kappa shape index (κ3) is 12.1. The number of rotatable bonds is 2. The van der Waals surface area contributed by atoms with Crippen LogP contribution in [0.1, 0.15) is 50.7 Å². The van der Waals surface area contributed by atoms with Gasteiger partial charge in [0.05, 0.1) is 0 Å². The molecule has 0 aliphatic rings. The Kier molecular flexibility index (Phi) is 27.5. The Hall–Kier alpha value is 1.06. The van der Waals surface area contributed by atoms with Crippen molar-refractivity contribution in [2.45, 2.75) is 39.5 Å². The fourth-order valence-electron chi connectivity index (χ4n) is 1.28. The zero-order chi connectivity index (χ0) is 13.1. The normalized spacial score (nSPS) is 8.11. The van der Waals surface area contributed by atoms with E-state index in [2.05, 4.69) is 52.0 Å². The molecular weight excluding hydrogens is 254 g/mol. The summed E-state index contributed by atoms with van der Waals surface area (Å²) in [6.07, 6.45) is 0. The van der Waals surface area contributed by atoms with E-state index in [0.29, 0.717) is 11.8 Å². The molecule has 1 aromatic rings. The molecule has 0 amide bonds. The Balaban J connectivity index is -0.000000149. The Labute approximate surface area is 153 Å². The van der Waals surface area contributed by atoms with E-state index in [0.717, 1.165) is 0 Å². The topological polar surface area (TPSA) is 86.6 Å². The summed E-state index contributed by atoms with van der Waals surface area (Å²) in [5, 5.41) is 26.0. The molecule has 18 heavy (non-hydrogen) atoms. The van der Waals surface area contributed by atoms with Crippen LogP contribution in [-0.2, 0) is 0 Å². The monoisotopic (exact) mass is 274 g/mol. The Morgan fingerprint density at radius 3 is 1.28 bits per heavy atom. The molecule has 0 radical (unpaired) electrons. The van der Waals surface area contributed by atoms with Gasteiger partial charge in [0.25, 0.3) is 0 Å². The van der Waals surface area contributed by atoms with Crippen molar-refractivity contribution in [2.24, 2.45) is 0 Å².